The molecule has 0 aliphatic carbocycles. The summed E-state index contributed by atoms with van der Waals surface area (Å²) in [6, 6.07) is 11.1. The number of alkyl halides is 3. The van der Waals surface area contributed by atoms with Gasteiger partial charge in [0.15, 0.2) is 0 Å². The van der Waals surface area contributed by atoms with E-state index in [1.54, 1.807) is 30.6 Å². The number of halogens is 3. The van der Waals surface area contributed by atoms with E-state index >= 15 is 0 Å². The van der Waals surface area contributed by atoms with Crippen LogP contribution in [0.3, 0.4) is 0 Å². The first-order valence-corrected chi connectivity index (χ1v) is 9.01. The zero-order valence-electron chi connectivity index (χ0n) is 15.9. The van der Waals surface area contributed by atoms with Crippen molar-refractivity contribution in [3.63, 3.8) is 0 Å². The molecule has 0 saturated heterocycles. The highest BCUT2D eigenvalue weighted by Gasteiger charge is 2.31. The molecule has 0 saturated carbocycles. The first kappa shape index (κ1) is 20.4. The van der Waals surface area contributed by atoms with Crippen molar-refractivity contribution in [2.75, 3.05) is 10.6 Å². The van der Waals surface area contributed by atoms with Gasteiger partial charge < -0.3 is 15.4 Å². The van der Waals surface area contributed by atoms with Crippen LogP contribution in [0.2, 0.25) is 0 Å². The van der Waals surface area contributed by atoms with Crippen LogP contribution in [0.15, 0.2) is 54.9 Å². The van der Waals surface area contributed by atoms with Gasteiger partial charge in [-0.15, -0.1) is 13.2 Å². The Morgan fingerprint density at radius 1 is 1.10 bits per heavy atom. The van der Waals surface area contributed by atoms with Gasteiger partial charge in [-0.25, -0.2) is 4.98 Å². The van der Waals surface area contributed by atoms with E-state index in [4.69, 9.17) is 0 Å². The molecule has 0 fully saturated rings. The van der Waals surface area contributed by atoms with Crippen molar-refractivity contribution in [3.05, 3.63) is 54.9 Å². The third-order valence-electron chi connectivity index (χ3n) is 4.01. The summed E-state index contributed by atoms with van der Waals surface area (Å²) in [5, 5.41) is 6.23. The van der Waals surface area contributed by atoms with Crippen LogP contribution in [0.1, 0.15) is 20.3 Å². The molecular formula is C20H20F3N5O. The van der Waals surface area contributed by atoms with E-state index in [0.29, 0.717) is 23.1 Å². The number of rotatable bonds is 7. The van der Waals surface area contributed by atoms with Gasteiger partial charge in [-0.3, -0.25) is 4.98 Å². The number of hydrogen-bond donors (Lipinski definition) is 2. The molecular weight excluding hydrogens is 383 g/mol. The molecule has 0 aliphatic heterocycles. The van der Waals surface area contributed by atoms with Crippen molar-refractivity contribution in [3.8, 4) is 17.0 Å². The van der Waals surface area contributed by atoms with Crippen molar-refractivity contribution in [1.29, 1.82) is 0 Å². The summed E-state index contributed by atoms with van der Waals surface area (Å²) >= 11 is 0. The van der Waals surface area contributed by atoms with E-state index in [1.165, 1.54) is 18.2 Å². The molecule has 2 aromatic heterocycles. The Kier molecular flexibility index (Phi) is 6.16. The summed E-state index contributed by atoms with van der Waals surface area (Å²) < 4.78 is 41.4. The number of pyridine rings is 1. The van der Waals surface area contributed by atoms with E-state index < -0.39 is 6.36 Å². The largest absolute Gasteiger partial charge is 0.573 e. The van der Waals surface area contributed by atoms with Crippen molar-refractivity contribution < 1.29 is 17.9 Å². The van der Waals surface area contributed by atoms with Crippen LogP contribution in [0.5, 0.6) is 5.75 Å². The normalized spacial score (nSPS) is 12.3. The maximum Gasteiger partial charge on any atom is 0.573 e. The predicted molar refractivity (Wildman–Crippen MR) is 105 cm³/mol. The summed E-state index contributed by atoms with van der Waals surface area (Å²) in [4.78, 5) is 13.1. The second-order valence-electron chi connectivity index (χ2n) is 6.36. The average molecular weight is 403 g/mol. The van der Waals surface area contributed by atoms with Crippen LogP contribution in [-0.2, 0) is 0 Å². The Bertz CT molecular complexity index is 950. The molecule has 2 N–H and O–H groups in total. The molecule has 0 radical (unpaired) electrons. The number of ether oxygens (including phenoxy) is 1. The number of benzene rings is 1. The SMILES string of the molecule is CC[C@H](C)Nc1nc(Nc2cccc(OC(F)(F)F)c2)cc(-c2cccnc2)n1. The summed E-state index contributed by atoms with van der Waals surface area (Å²) in [5.41, 5.74) is 1.82. The first-order chi connectivity index (χ1) is 13.8. The lowest BCUT2D eigenvalue weighted by molar-refractivity contribution is -0.274. The van der Waals surface area contributed by atoms with Crippen molar-refractivity contribution in [2.24, 2.45) is 0 Å². The van der Waals surface area contributed by atoms with Crippen LogP contribution in [0, 0.1) is 0 Å². The second-order valence-corrected chi connectivity index (χ2v) is 6.36. The summed E-state index contributed by atoms with van der Waals surface area (Å²) in [6.07, 6.45) is -0.542. The first-order valence-electron chi connectivity index (χ1n) is 9.01. The van der Waals surface area contributed by atoms with Crippen LogP contribution in [0.25, 0.3) is 11.3 Å². The van der Waals surface area contributed by atoms with Crippen LogP contribution in [0.4, 0.5) is 30.6 Å². The van der Waals surface area contributed by atoms with Gasteiger partial charge in [0.25, 0.3) is 0 Å². The van der Waals surface area contributed by atoms with E-state index in [-0.39, 0.29) is 11.8 Å². The lowest BCUT2D eigenvalue weighted by atomic mass is 10.2. The molecule has 0 amide bonds. The molecule has 6 nitrogen and oxygen atoms in total. The van der Waals surface area contributed by atoms with Gasteiger partial charge in [-0.1, -0.05) is 13.0 Å². The number of hydrogen-bond acceptors (Lipinski definition) is 6. The maximum absolute atomic E-state index is 12.5. The second kappa shape index (κ2) is 8.76. The highest BCUT2D eigenvalue weighted by atomic mass is 19.4. The van der Waals surface area contributed by atoms with Gasteiger partial charge in [0.1, 0.15) is 11.6 Å². The Morgan fingerprint density at radius 2 is 1.93 bits per heavy atom. The molecule has 29 heavy (non-hydrogen) atoms. The number of aromatic nitrogens is 3. The molecule has 3 aromatic rings. The van der Waals surface area contributed by atoms with E-state index in [9.17, 15) is 13.2 Å². The zero-order chi connectivity index (χ0) is 20.9. The van der Waals surface area contributed by atoms with Gasteiger partial charge in [0.2, 0.25) is 5.95 Å². The number of anilines is 3. The average Bonchev–Trinajstić information content (AvgIpc) is 2.67. The molecule has 0 aliphatic rings. The quantitative estimate of drug-likeness (QED) is 0.551. The molecule has 0 spiro atoms. The van der Waals surface area contributed by atoms with E-state index in [1.807, 2.05) is 19.9 Å². The van der Waals surface area contributed by atoms with Gasteiger partial charge >= 0.3 is 6.36 Å². The van der Waals surface area contributed by atoms with E-state index in [0.717, 1.165) is 12.0 Å². The lowest BCUT2D eigenvalue weighted by Gasteiger charge is -2.15. The third kappa shape index (κ3) is 6.06. The molecule has 1 atom stereocenters. The number of nitrogens with one attached hydrogen (secondary N) is 2. The summed E-state index contributed by atoms with van der Waals surface area (Å²) in [7, 11) is 0. The van der Waals surface area contributed by atoms with Crippen LogP contribution >= 0.6 is 0 Å². The lowest BCUT2D eigenvalue weighted by Crippen LogP contribution is -2.17. The smallest absolute Gasteiger partial charge is 0.406 e. The number of nitrogens with zero attached hydrogens (tertiary/aromatic N) is 3. The predicted octanol–water partition coefficient (Wildman–Crippen LogP) is 5.39. The molecule has 3 rings (SSSR count). The highest BCUT2D eigenvalue weighted by molar-refractivity contribution is 5.67. The minimum Gasteiger partial charge on any atom is -0.406 e. The Hall–Kier alpha value is -3.36. The Labute approximate surface area is 166 Å². The Balaban J connectivity index is 1.92. The summed E-state index contributed by atoms with van der Waals surface area (Å²) in [5.74, 6) is 0.515. The fourth-order valence-corrected chi connectivity index (χ4v) is 2.48. The zero-order valence-corrected chi connectivity index (χ0v) is 15.9. The molecule has 0 unspecified atom stereocenters. The molecule has 1 aromatic carbocycles. The highest BCUT2D eigenvalue weighted by Crippen LogP contribution is 2.28. The van der Waals surface area contributed by atoms with Gasteiger partial charge in [0, 0.05) is 41.8 Å². The minimum absolute atomic E-state index is 0.149. The monoisotopic (exact) mass is 403 g/mol. The van der Waals surface area contributed by atoms with Crippen molar-refractivity contribution in [1.82, 2.24) is 15.0 Å². The standard InChI is InChI=1S/C20H20F3N5O/c1-3-13(2)25-19-27-17(14-6-5-9-24-12-14)11-18(28-19)26-15-7-4-8-16(10-15)29-20(21,22)23/h4-13H,3H2,1-2H3,(H2,25,26,27,28)/t13-/m0/s1. The molecule has 152 valence electrons. The van der Waals surface area contributed by atoms with E-state index in [2.05, 4.69) is 30.3 Å². The van der Waals surface area contributed by atoms with Crippen LogP contribution in [-0.4, -0.2) is 27.4 Å². The maximum atomic E-state index is 12.5. The molecule has 9 heteroatoms. The van der Waals surface area contributed by atoms with Crippen molar-refractivity contribution in [2.45, 2.75) is 32.7 Å². The minimum atomic E-state index is -4.76. The Morgan fingerprint density at radius 3 is 2.62 bits per heavy atom. The fourth-order valence-electron chi connectivity index (χ4n) is 2.48. The molecule has 2 heterocycles. The third-order valence-corrected chi connectivity index (χ3v) is 4.01. The van der Waals surface area contributed by atoms with Gasteiger partial charge in [-0.2, -0.15) is 4.98 Å². The van der Waals surface area contributed by atoms with Crippen molar-refractivity contribution >= 4 is 17.5 Å². The van der Waals surface area contributed by atoms with Crippen LogP contribution < -0.4 is 15.4 Å². The van der Waals surface area contributed by atoms with Gasteiger partial charge in [-0.05, 0) is 37.6 Å². The molecule has 0 bridgehead atoms. The fraction of sp³-hybridized carbons (Fsp3) is 0.250. The topological polar surface area (TPSA) is 72.0 Å². The van der Waals surface area contributed by atoms with Gasteiger partial charge in [0.05, 0.1) is 5.69 Å². The summed E-state index contributed by atoms with van der Waals surface area (Å²) in [6.45, 7) is 4.04.